The first kappa shape index (κ1) is 17.5. The fourth-order valence-electron chi connectivity index (χ4n) is 2.51. The van der Waals surface area contributed by atoms with Gasteiger partial charge in [-0.25, -0.2) is 4.98 Å². The molecule has 0 bridgehead atoms. The Kier molecular flexibility index (Phi) is 5.48. The molecule has 0 spiro atoms. The van der Waals surface area contributed by atoms with Gasteiger partial charge in [0, 0.05) is 27.6 Å². The number of aromatic amines is 1. The molecular formula is C20H16ClN3S2. The summed E-state index contributed by atoms with van der Waals surface area (Å²) in [5.41, 5.74) is 4.37. The van der Waals surface area contributed by atoms with Gasteiger partial charge in [0.05, 0.1) is 16.7 Å². The van der Waals surface area contributed by atoms with Gasteiger partial charge in [0.1, 0.15) is 0 Å². The summed E-state index contributed by atoms with van der Waals surface area (Å²) in [5.74, 6) is 1.70. The van der Waals surface area contributed by atoms with E-state index in [-0.39, 0.29) is 0 Å². The third-order valence-corrected chi connectivity index (χ3v) is 6.06. The lowest BCUT2D eigenvalue weighted by Crippen LogP contribution is -1.88. The average Bonchev–Trinajstić information content (AvgIpc) is 3.09. The van der Waals surface area contributed by atoms with Crippen molar-refractivity contribution >= 4 is 46.2 Å². The standard InChI is InChI=1S/C20H16ClN3S2/c21-15-7-5-14(6-8-15)12-25-17-9-10-22-16(11-17)13-26-20-23-18-3-1-2-4-19(18)24-20/h1-11H,12-13H2,(H,23,24). The van der Waals surface area contributed by atoms with Crippen LogP contribution in [0.2, 0.25) is 5.02 Å². The first-order valence-corrected chi connectivity index (χ1v) is 10.5. The normalized spacial score (nSPS) is 11.1. The fraction of sp³-hybridized carbons (Fsp3) is 0.100. The fourth-order valence-corrected chi connectivity index (χ4v) is 4.33. The van der Waals surface area contributed by atoms with Crippen LogP contribution in [0.4, 0.5) is 0 Å². The monoisotopic (exact) mass is 397 g/mol. The Morgan fingerprint density at radius 2 is 1.77 bits per heavy atom. The van der Waals surface area contributed by atoms with Crippen molar-refractivity contribution in [3.63, 3.8) is 0 Å². The first-order valence-electron chi connectivity index (χ1n) is 8.16. The van der Waals surface area contributed by atoms with Crippen LogP contribution in [0.5, 0.6) is 0 Å². The molecule has 3 nitrogen and oxygen atoms in total. The molecule has 0 aliphatic carbocycles. The molecule has 0 amide bonds. The number of H-pyrrole nitrogens is 1. The summed E-state index contributed by atoms with van der Waals surface area (Å²) in [7, 11) is 0. The lowest BCUT2D eigenvalue weighted by molar-refractivity contribution is 1.07. The zero-order chi connectivity index (χ0) is 17.8. The van der Waals surface area contributed by atoms with Crippen LogP contribution in [-0.4, -0.2) is 15.0 Å². The summed E-state index contributed by atoms with van der Waals surface area (Å²) in [5, 5.41) is 1.69. The molecule has 0 saturated carbocycles. The van der Waals surface area contributed by atoms with Gasteiger partial charge in [-0.3, -0.25) is 4.98 Å². The topological polar surface area (TPSA) is 41.6 Å². The number of benzene rings is 2. The second kappa shape index (κ2) is 8.16. The average molecular weight is 398 g/mol. The van der Waals surface area contributed by atoms with E-state index in [1.54, 1.807) is 23.5 Å². The molecule has 2 aromatic heterocycles. The summed E-state index contributed by atoms with van der Waals surface area (Å²) >= 11 is 9.41. The molecule has 0 aliphatic rings. The first-order chi connectivity index (χ1) is 12.8. The van der Waals surface area contributed by atoms with Crippen LogP contribution in [0.15, 0.2) is 76.9 Å². The molecule has 26 heavy (non-hydrogen) atoms. The van der Waals surface area contributed by atoms with E-state index in [2.05, 4.69) is 39.2 Å². The van der Waals surface area contributed by atoms with Crippen molar-refractivity contribution in [3.8, 4) is 0 Å². The predicted octanol–water partition coefficient (Wildman–Crippen LogP) is 6.20. The molecule has 6 heteroatoms. The molecule has 4 rings (SSSR count). The number of nitrogens with zero attached hydrogens (tertiary/aromatic N) is 2. The van der Waals surface area contributed by atoms with Gasteiger partial charge < -0.3 is 4.98 Å². The highest BCUT2D eigenvalue weighted by Gasteiger charge is 2.05. The third-order valence-electron chi connectivity index (χ3n) is 3.83. The van der Waals surface area contributed by atoms with Gasteiger partial charge in [-0.05, 0) is 42.0 Å². The molecule has 0 radical (unpaired) electrons. The number of imidazole rings is 1. The van der Waals surface area contributed by atoms with E-state index in [9.17, 15) is 0 Å². The van der Waals surface area contributed by atoms with Crippen molar-refractivity contribution in [1.82, 2.24) is 15.0 Å². The smallest absolute Gasteiger partial charge is 0.166 e. The van der Waals surface area contributed by atoms with Gasteiger partial charge in [-0.2, -0.15) is 0 Å². The summed E-state index contributed by atoms with van der Waals surface area (Å²) in [6, 6.07) is 20.3. The number of para-hydroxylation sites is 2. The Hall–Kier alpha value is -1.95. The third kappa shape index (κ3) is 4.41. The second-order valence-electron chi connectivity index (χ2n) is 5.75. The highest BCUT2D eigenvalue weighted by molar-refractivity contribution is 7.98. The maximum Gasteiger partial charge on any atom is 0.166 e. The second-order valence-corrected chi connectivity index (χ2v) is 8.20. The van der Waals surface area contributed by atoms with E-state index in [0.717, 1.165) is 38.4 Å². The Morgan fingerprint density at radius 1 is 0.923 bits per heavy atom. The molecular weight excluding hydrogens is 382 g/mol. The summed E-state index contributed by atoms with van der Waals surface area (Å²) < 4.78 is 0. The van der Waals surface area contributed by atoms with Crippen LogP contribution in [-0.2, 0) is 11.5 Å². The lowest BCUT2D eigenvalue weighted by atomic mass is 10.2. The van der Waals surface area contributed by atoms with Crippen molar-refractivity contribution in [3.05, 3.63) is 83.1 Å². The zero-order valence-electron chi connectivity index (χ0n) is 13.9. The van der Waals surface area contributed by atoms with Crippen LogP contribution in [0.25, 0.3) is 11.0 Å². The zero-order valence-corrected chi connectivity index (χ0v) is 16.2. The number of aromatic nitrogens is 3. The minimum absolute atomic E-state index is 0.771. The van der Waals surface area contributed by atoms with Crippen LogP contribution in [0.1, 0.15) is 11.3 Å². The van der Waals surface area contributed by atoms with Gasteiger partial charge in [-0.15, -0.1) is 11.8 Å². The SMILES string of the molecule is Clc1ccc(CSc2ccnc(CSc3nc4ccccc4[nH]3)c2)cc1. The van der Waals surface area contributed by atoms with Gasteiger partial charge in [0.25, 0.3) is 0 Å². The maximum atomic E-state index is 5.94. The molecule has 0 atom stereocenters. The Balaban J connectivity index is 1.38. The number of fused-ring (bicyclic) bond motifs is 1. The molecule has 0 aliphatic heterocycles. The number of thioether (sulfide) groups is 2. The number of nitrogens with one attached hydrogen (secondary N) is 1. The molecule has 2 aromatic carbocycles. The molecule has 4 aromatic rings. The minimum atomic E-state index is 0.771. The molecule has 2 heterocycles. The van der Waals surface area contributed by atoms with E-state index in [1.165, 1.54) is 10.5 Å². The quantitative estimate of drug-likeness (QED) is 0.393. The Morgan fingerprint density at radius 3 is 2.62 bits per heavy atom. The Bertz CT molecular complexity index is 982. The molecule has 1 N–H and O–H groups in total. The number of hydrogen-bond acceptors (Lipinski definition) is 4. The van der Waals surface area contributed by atoms with Gasteiger partial charge in [-0.1, -0.05) is 47.6 Å². The van der Waals surface area contributed by atoms with E-state index in [1.807, 2.05) is 42.6 Å². The van der Waals surface area contributed by atoms with E-state index in [0.29, 0.717) is 0 Å². The van der Waals surface area contributed by atoms with E-state index < -0.39 is 0 Å². The van der Waals surface area contributed by atoms with Crippen molar-refractivity contribution in [2.75, 3.05) is 0 Å². The number of pyridine rings is 1. The highest BCUT2D eigenvalue weighted by atomic mass is 35.5. The Labute approximate surface area is 165 Å². The number of hydrogen-bond donors (Lipinski definition) is 1. The largest absolute Gasteiger partial charge is 0.333 e. The maximum absolute atomic E-state index is 5.94. The van der Waals surface area contributed by atoms with Crippen LogP contribution >= 0.6 is 35.1 Å². The molecule has 0 unspecified atom stereocenters. The van der Waals surface area contributed by atoms with Crippen LogP contribution < -0.4 is 0 Å². The van der Waals surface area contributed by atoms with Crippen LogP contribution in [0, 0.1) is 0 Å². The van der Waals surface area contributed by atoms with Crippen molar-refractivity contribution < 1.29 is 0 Å². The van der Waals surface area contributed by atoms with Gasteiger partial charge in [0.2, 0.25) is 0 Å². The van der Waals surface area contributed by atoms with E-state index in [4.69, 9.17) is 11.6 Å². The predicted molar refractivity (Wildman–Crippen MR) is 111 cm³/mol. The van der Waals surface area contributed by atoms with Gasteiger partial charge in [0.15, 0.2) is 5.16 Å². The van der Waals surface area contributed by atoms with Crippen LogP contribution in [0.3, 0.4) is 0 Å². The van der Waals surface area contributed by atoms with Crippen molar-refractivity contribution in [1.29, 1.82) is 0 Å². The van der Waals surface area contributed by atoms with Crippen molar-refractivity contribution in [2.24, 2.45) is 0 Å². The van der Waals surface area contributed by atoms with E-state index >= 15 is 0 Å². The van der Waals surface area contributed by atoms with Gasteiger partial charge >= 0.3 is 0 Å². The molecule has 0 fully saturated rings. The minimum Gasteiger partial charge on any atom is -0.333 e. The molecule has 0 saturated heterocycles. The summed E-state index contributed by atoms with van der Waals surface area (Å²) in [6.45, 7) is 0. The summed E-state index contributed by atoms with van der Waals surface area (Å²) in [6.07, 6.45) is 1.87. The van der Waals surface area contributed by atoms with Crippen molar-refractivity contribution in [2.45, 2.75) is 21.6 Å². The lowest BCUT2D eigenvalue weighted by Gasteiger charge is -2.04. The summed E-state index contributed by atoms with van der Waals surface area (Å²) in [4.78, 5) is 13.6. The number of halogens is 1. The number of rotatable bonds is 6. The molecule has 130 valence electrons. The highest BCUT2D eigenvalue weighted by Crippen LogP contribution is 2.26.